The van der Waals surface area contributed by atoms with Crippen LogP contribution in [0.15, 0.2) is 23.7 Å². The number of hydrogen-bond donors (Lipinski definition) is 1. The van der Waals surface area contributed by atoms with Crippen LogP contribution in [0.25, 0.3) is 5.65 Å². The van der Waals surface area contributed by atoms with E-state index in [2.05, 4.69) is 27.7 Å². The number of rotatable bonds is 0. The first kappa shape index (κ1) is 5.67. The van der Waals surface area contributed by atoms with Crippen molar-refractivity contribution in [3.05, 3.63) is 18.7 Å². The molecule has 0 atom stereocenters. The van der Waals surface area contributed by atoms with E-state index in [0.717, 1.165) is 0 Å². The molecular weight excluding hydrogens is 148 g/mol. The quantitative estimate of drug-likeness (QED) is 0.556. The fourth-order valence-electron chi connectivity index (χ4n) is 0.744. The second-order valence-corrected chi connectivity index (χ2v) is 2.20. The zero-order valence-electron chi connectivity index (χ0n) is 4.97. The van der Waals surface area contributed by atoms with Crippen LogP contribution in [0, 0.1) is 0 Å². The van der Waals surface area contributed by atoms with Crippen molar-refractivity contribution in [1.29, 1.82) is 0 Å². The van der Waals surface area contributed by atoms with E-state index in [9.17, 15) is 0 Å². The zero-order chi connectivity index (χ0) is 6.97. The molecule has 2 aromatic rings. The molecule has 50 valence electrons. The van der Waals surface area contributed by atoms with Crippen LogP contribution in [-0.2, 0) is 0 Å². The third kappa shape index (κ3) is 0.672. The molecule has 0 amide bonds. The number of thiol groups is 1. The van der Waals surface area contributed by atoms with E-state index in [1.807, 2.05) is 0 Å². The average molecular weight is 152 g/mol. The predicted octanol–water partition coefficient (Wildman–Crippen LogP) is 0.413. The lowest BCUT2D eigenvalue weighted by atomic mass is 10.7. The molecule has 0 saturated carbocycles. The first-order valence-electron chi connectivity index (χ1n) is 2.71. The van der Waals surface area contributed by atoms with E-state index in [0.29, 0.717) is 10.7 Å². The van der Waals surface area contributed by atoms with Crippen LogP contribution in [0.5, 0.6) is 0 Å². The molecule has 10 heavy (non-hydrogen) atoms. The van der Waals surface area contributed by atoms with Crippen molar-refractivity contribution >= 4 is 18.3 Å². The molecule has 0 unspecified atom stereocenters. The predicted molar refractivity (Wildman–Crippen MR) is 38.0 cm³/mol. The highest BCUT2D eigenvalue weighted by Crippen LogP contribution is 2.05. The Morgan fingerprint density at radius 2 is 2.30 bits per heavy atom. The maximum atomic E-state index is 4.08. The lowest BCUT2D eigenvalue weighted by Gasteiger charge is -1.90. The van der Waals surface area contributed by atoms with Gasteiger partial charge in [-0.1, -0.05) is 0 Å². The summed E-state index contributed by atoms with van der Waals surface area (Å²) >= 11 is 4.08. The smallest absolute Gasteiger partial charge is 0.187 e. The third-order valence-corrected chi connectivity index (χ3v) is 1.49. The normalized spacial score (nSPS) is 10.5. The van der Waals surface area contributed by atoms with Crippen LogP contribution < -0.4 is 0 Å². The Bertz CT molecular complexity index is 355. The highest BCUT2D eigenvalue weighted by molar-refractivity contribution is 7.80. The van der Waals surface area contributed by atoms with Gasteiger partial charge in [0.25, 0.3) is 0 Å². The molecule has 2 heterocycles. The number of hydrogen-bond acceptors (Lipinski definition) is 4. The van der Waals surface area contributed by atoms with Gasteiger partial charge in [0, 0.05) is 12.4 Å². The molecule has 0 N–H and O–H groups in total. The van der Waals surface area contributed by atoms with E-state index in [-0.39, 0.29) is 0 Å². The molecule has 0 spiro atoms. The van der Waals surface area contributed by atoms with Crippen molar-refractivity contribution in [2.75, 3.05) is 0 Å². The number of aromatic nitrogens is 4. The minimum absolute atomic E-state index is 0.597. The van der Waals surface area contributed by atoms with Gasteiger partial charge in [0.15, 0.2) is 5.65 Å². The first-order chi connectivity index (χ1) is 4.88. The van der Waals surface area contributed by atoms with Crippen LogP contribution in [-0.4, -0.2) is 19.6 Å². The van der Waals surface area contributed by atoms with Gasteiger partial charge in [-0.2, -0.15) is 5.10 Å². The SMILES string of the molecule is Sc1nccn2ncnc12. The summed E-state index contributed by atoms with van der Waals surface area (Å²) in [6.07, 6.45) is 4.82. The van der Waals surface area contributed by atoms with Crippen LogP contribution in [0.3, 0.4) is 0 Å². The summed E-state index contributed by atoms with van der Waals surface area (Å²) in [6.45, 7) is 0. The second kappa shape index (κ2) is 1.95. The molecular formula is C5H4N4S. The van der Waals surface area contributed by atoms with Gasteiger partial charge in [0.1, 0.15) is 11.4 Å². The third-order valence-electron chi connectivity index (χ3n) is 1.18. The summed E-state index contributed by atoms with van der Waals surface area (Å²) in [6, 6.07) is 0. The van der Waals surface area contributed by atoms with Gasteiger partial charge in [0.05, 0.1) is 0 Å². The van der Waals surface area contributed by atoms with E-state index in [1.54, 1.807) is 16.9 Å². The minimum Gasteiger partial charge on any atom is -0.245 e. The molecule has 0 aliphatic carbocycles. The molecule has 0 fully saturated rings. The van der Waals surface area contributed by atoms with Crippen molar-refractivity contribution in [3.8, 4) is 0 Å². The van der Waals surface area contributed by atoms with Gasteiger partial charge in [-0.25, -0.2) is 14.5 Å². The maximum Gasteiger partial charge on any atom is 0.187 e. The van der Waals surface area contributed by atoms with Crippen molar-refractivity contribution < 1.29 is 0 Å². The average Bonchev–Trinajstić information content (AvgIpc) is 2.36. The van der Waals surface area contributed by atoms with Gasteiger partial charge in [-0.3, -0.25) is 0 Å². The Balaban J connectivity index is 2.95. The molecule has 0 saturated heterocycles. The molecule has 0 bridgehead atoms. The fourth-order valence-corrected chi connectivity index (χ4v) is 0.971. The molecule has 4 nitrogen and oxygen atoms in total. The van der Waals surface area contributed by atoms with Crippen molar-refractivity contribution in [1.82, 2.24) is 19.6 Å². The Hall–Kier alpha value is -1.10. The molecule has 2 rings (SSSR count). The topological polar surface area (TPSA) is 43.1 Å². The number of fused-ring (bicyclic) bond motifs is 1. The highest BCUT2D eigenvalue weighted by atomic mass is 32.1. The second-order valence-electron chi connectivity index (χ2n) is 1.78. The summed E-state index contributed by atoms with van der Waals surface area (Å²) in [4.78, 5) is 7.85. The molecule has 0 radical (unpaired) electrons. The maximum absolute atomic E-state index is 4.08. The molecule has 2 aromatic heterocycles. The fraction of sp³-hybridized carbons (Fsp3) is 0. The monoisotopic (exact) mass is 152 g/mol. The van der Waals surface area contributed by atoms with Gasteiger partial charge in [0.2, 0.25) is 0 Å². The van der Waals surface area contributed by atoms with Gasteiger partial charge in [-0.15, -0.1) is 12.6 Å². The van der Waals surface area contributed by atoms with Crippen LogP contribution in [0.2, 0.25) is 0 Å². The van der Waals surface area contributed by atoms with Crippen LogP contribution in [0.1, 0.15) is 0 Å². The largest absolute Gasteiger partial charge is 0.245 e. The minimum atomic E-state index is 0.597. The first-order valence-corrected chi connectivity index (χ1v) is 3.16. The Morgan fingerprint density at radius 1 is 1.40 bits per heavy atom. The molecule has 0 aliphatic rings. The van der Waals surface area contributed by atoms with Gasteiger partial charge < -0.3 is 0 Å². The van der Waals surface area contributed by atoms with Crippen LogP contribution >= 0.6 is 12.6 Å². The highest BCUT2D eigenvalue weighted by Gasteiger charge is 1.97. The molecule has 0 aromatic carbocycles. The van der Waals surface area contributed by atoms with E-state index >= 15 is 0 Å². The summed E-state index contributed by atoms with van der Waals surface area (Å²) < 4.78 is 1.62. The van der Waals surface area contributed by atoms with E-state index in [1.165, 1.54) is 6.33 Å². The Morgan fingerprint density at radius 3 is 3.10 bits per heavy atom. The lowest BCUT2D eigenvalue weighted by molar-refractivity contribution is 0.918. The summed E-state index contributed by atoms with van der Waals surface area (Å²) in [5.41, 5.74) is 0.686. The van der Waals surface area contributed by atoms with E-state index < -0.39 is 0 Å². The van der Waals surface area contributed by atoms with Crippen molar-refractivity contribution in [2.45, 2.75) is 5.03 Å². The van der Waals surface area contributed by atoms with Gasteiger partial charge in [-0.05, 0) is 0 Å². The van der Waals surface area contributed by atoms with Crippen LogP contribution in [0.4, 0.5) is 0 Å². The standard InChI is InChI=1S/C5H4N4S/c10-5-4-7-3-8-9(4)2-1-6-5/h1-3H,(H,6,10). The lowest BCUT2D eigenvalue weighted by Crippen LogP contribution is -1.88. The van der Waals surface area contributed by atoms with E-state index in [4.69, 9.17) is 0 Å². The molecule has 0 aliphatic heterocycles. The Kier molecular flexibility index (Phi) is 1.10. The summed E-state index contributed by atoms with van der Waals surface area (Å²) in [5, 5.41) is 4.49. The number of nitrogens with zero attached hydrogens (tertiary/aromatic N) is 4. The summed E-state index contributed by atoms with van der Waals surface area (Å²) in [7, 11) is 0. The van der Waals surface area contributed by atoms with Crippen molar-refractivity contribution in [3.63, 3.8) is 0 Å². The van der Waals surface area contributed by atoms with Gasteiger partial charge >= 0.3 is 0 Å². The van der Waals surface area contributed by atoms with Crippen molar-refractivity contribution in [2.24, 2.45) is 0 Å². The zero-order valence-corrected chi connectivity index (χ0v) is 5.86. The summed E-state index contributed by atoms with van der Waals surface area (Å²) in [5.74, 6) is 0. The Labute approximate surface area is 62.3 Å². The molecule has 5 heteroatoms.